The van der Waals surface area contributed by atoms with Gasteiger partial charge in [-0.15, -0.1) is 0 Å². The predicted octanol–water partition coefficient (Wildman–Crippen LogP) is 5.67. The van der Waals surface area contributed by atoms with Crippen molar-refractivity contribution in [2.45, 2.75) is 35.4 Å². The number of benzene rings is 2. The minimum absolute atomic E-state index is 0.321. The fourth-order valence-corrected chi connectivity index (χ4v) is 6.48. The summed E-state index contributed by atoms with van der Waals surface area (Å²) in [6, 6.07) is 18.1. The van der Waals surface area contributed by atoms with E-state index in [-0.39, 0.29) is 0 Å². The largest absolute Gasteiger partial charge is 0.341 e. The summed E-state index contributed by atoms with van der Waals surface area (Å²) in [5.41, 5.74) is 6.85. The monoisotopic (exact) mass is 516 g/mol. The number of thioether (sulfide) groups is 2. The molecule has 2 aromatic heterocycles. The summed E-state index contributed by atoms with van der Waals surface area (Å²) in [5, 5.41) is 8.50. The summed E-state index contributed by atoms with van der Waals surface area (Å²) in [7, 11) is 0. The zero-order valence-electron chi connectivity index (χ0n) is 20.6. The second-order valence-electron chi connectivity index (χ2n) is 9.63. The van der Waals surface area contributed by atoms with Gasteiger partial charge in [0.1, 0.15) is 11.6 Å². The fraction of sp³-hybridized carbons (Fsp3) is 0.357. The molecule has 186 valence electrons. The van der Waals surface area contributed by atoms with Crippen molar-refractivity contribution < 1.29 is 0 Å². The average molecular weight is 517 g/mol. The number of imidazole rings is 2. The maximum Gasteiger partial charge on any atom is 0.123 e. The van der Waals surface area contributed by atoms with Gasteiger partial charge in [0.2, 0.25) is 0 Å². The van der Waals surface area contributed by atoms with E-state index in [1.54, 1.807) is 0 Å². The molecule has 36 heavy (non-hydrogen) atoms. The van der Waals surface area contributed by atoms with E-state index in [1.807, 2.05) is 35.9 Å². The van der Waals surface area contributed by atoms with Gasteiger partial charge in [0.05, 0.1) is 35.9 Å². The minimum Gasteiger partial charge on any atom is -0.341 e. The summed E-state index contributed by atoms with van der Waals surface area (Å²) in [5.74, 6) is 2.08. The van der Waals surface area contributed by atoms with Crippen molar-refractivity contribution in [3.05, 3.63) is 72.6 Å². The molecule has 4 heterocycles. The number of hydrogen-bond acceptors (Lipinski definition) is 6. The van der Waals surface area contributed by atoms with Gasteiger partial charge in [-0.05, 0) is 47.6 Å². The molecule has 0 bridgehead atoms. The molecule has 4 aromatic rings. The Bertz CT molecular complexity index is 1190. The van der Waals surface area contributed by atoms with Crippen molar-refractivity contribution in [2.75, 3.05) is 25.6 Å². The van der Waals surface area contributed by atoms with Crippen LogP contribution in [0.25, 0.3) is 33.6 Å². The first-order valence-corrected chi connectivity index (χ1v) is 15.1. The number of nitrogens with one attached hydrogen (secondary N) is 4. The predicted molar refractivity (Wildman–Crippen MR) is 152 cm³/mol. The van der Waals surface area contributed by atoms with E-state index in [0.29, 0.717) is 22.6 Å². The molecule has 6 nitrogen and oxygen atoms in total. The van der Waals surface area contributed by atoms with Crippen LogP contribution in [0.4, 0.5) is 0 Å². The van der Waals surface area contributed by atoms with E-state index in [9.17, 15) is 0 Å². The highest BCUT2D eigenvalue weighted by Crippen LogP contribution is 2.31. The van der Waals surface area contributed by atoms with Gasteiger partial charge in [-0.3, -0.25) is 0 Å². The highest BCUT2D eigenvalue weighted by Gasteiger charge is 2.27. The van der Waals surface area contributed by atoms with Crippen molar-refractivity contribution >= 4 is 23.5 Å². The lowest BCUT2D eigenvalue weighted by molar-refractivity contribution is 0.613. The van der Waals surface area contributed by atoms with Crippen molar-refractivity contribution in [3.63, 3.8) is 0 Å². The van der Waals surface area contributed by atoms with Crippen molar-refractivity contribution in [1.82, 2.24) is 30.6 Å². The van der Waals surface area contributed by atoms with E-state index in [2.05, 4.69) is 91.6 Å². The number of hydrogen-bond donors (Lipinski definition) is 4. The standard InChI is InChI=1S/C28H32N6S2/c1-35-21-11-23(29-13-21)27-31-15-25(33-27)19-7-3-17(4-8-19)18-5-9-20(10-6-18)26-16-32-28(34-26)24-12-22(36-2)14-30-24/h3-10,15-16,21-24,29-30H,11-14H2,1-2H3,(H,31,33)(H,32,34)/t21-,22-,23-,24-/m0/s1. The Morgan fingerprint density at radius 1 is 0.611 bits per heavy atom. The number of rotatable bonds is 7. The van der Waals surface area contributed by atoms with Crippen molar-refractivity contribution in [3.8, 4) is 33.6 Å². The summed E-state index contributed by atoms with van der Waals surface area (Å²) in [6.07, 6.45) is 10.5. The van der Waals surface area contributed by atoms with E-state index in [4.69, 9.17) is 0 Å². The second kappa shape index (κ2) is 10.5. The maximum atomic E-state index is 4.66. The molecule has 2 saturated heterocycles. The Labute approximate surface area is 220 Å². The molecule has 0 unspecified atom stereocenters. The van der Waals surface area contributed by atoms with Gasteiger partial charge < -0.3 is 20.6 Å². The molecule has 0 spiro atoms. The third-order valence-corrected chi connectivity index (χ3v) is 9.48. The van der Waals surface area contributed by atoms with Crippen molar-refractivity contribution in [1.29, 1.82) is 0 Å². The third kappa shape index (κ3) is 4.87. The van der Waals surface area contributed by atoms with Crippen LogP contribution in [0.3, 0.4) is 0 Å². The number of aromatic nitrogens is 4. The molecular weight excluding hydrogens is 484 g/mol. The molecule has 2 aliphatic heterocycles. The lowest BCUT2D eigenvalue weighted by Crippen LogP contribution is -2.15. The van der Waals surface area contributed by atoms with Gasteiger partial charge in [-0.2, -0.15) is 23.5 Å². The van der Waals surface area contributed by atoms with Crippen LogP contribution in [0.5, 0.6) is 0 Å². The first kappa shape index (κ1) is 23.9. The van der Waals surface area contributed by atoms with Gasteiger partial charge in [-0.1, -0.05) is 48.5 Å². The highest BCUT2D eigenvalue weighted by atomic mass is 32.2. The SMILES string of the molecule is CS[C@@H]1CN[C@H](c2ncc(-c3ccc(-c4ccc(-c5cnc([C@@H]6C[C@H](SC)CN6)[nH]5)cc4)cc3)[nH]2)C1. The Morgan fingerprint density at radius 3 is 1.36 bits per heavy atom. The first-order chi connectivity index (χ1) is 17.7. The molecule has 2 fully saturated rings. The minimum atomic E-state index is 0.321. The van der Waals surface area contributed by atoms with E-state index < -0.39 is 0 Å². The van der Waals surface area contributed by atoms with Crippen LogP contribution < -0.4 is 10.6 Å². The molecule has 0 saturated carbocycles. The lowest BCUT2D eigenvalue weighted by atomic mass is 10.0. The number of aromatic amines is 2. The molecule has 2 aliphatic rings. The van der Waals surface area contributed by atoms with Crippen molar-refractivity contribution in [2.24, 2.45) is 0 Å². The summed E-state index contributed by atoms with van der Waals surface area (Å²) < 4.78 is 0. The Morgan fingerprint density at radius 2 is 1.00 bits per heavy atom. The second-order valence-corrected chi connectivity index (χ2v) is 11.9. The van der Waals surface area contributed by atoms with E-state index in [0.717, 1.165) is 60.1 Å². The summed E-state index contributed by atoms with van der Waals surface area (Å²) >= 11 is 3.86. The van der Waals surface area contributed by atoms with Crippen LogP contribution >= 0.6 is 23.5 Å². The average Bonchev–Trinajstić information content (AvgIpc) is 3.75. The van der Waals surface area contributed by atoms with Gasteiger partial charge in [0.15, 0.2) is 0 Å². The van der Waals surface area contributed by atoms with Crippen LogP contribution in [0, 0.1) is 0 Å². The van der Waals surface area contributed by atoms with Gasteiger partial charge in [0.25, 0.3) is 0 Å². The van der Waals surface area contributed by atoms with Crippen LogP contribution in [-0.4, -0.2) is 56.0 Å². The third-order valence-electron chi connectivity index (χ3n) is 7.42. The highest BCUT2D eigenvalue weighted by molar-refractivity contribution is 7.99. The summed E-state index contributed by atoms with van der Waals surface area (Å²) in [4.78, 5) is 16.4. The molecule has 8 heteroatoms. The summed E-state index contributed by atoms with van der Waals surface area (Å²) in [6.45, 7) is 2.10. The topological polar surface area (TPSA) is 81.4 Å². The Balaban J connectivity index is 1.12. The van der Waals surface area contributed by atoms with E-state index >= 15 is 0 Å². The maximum absolute atomic E-state index is 4.66. The van der Waals surface area contributed by atoms with Crippen LogP contribution in [0.15, 0.2) is 60.9 Å². The number of nitrogens with zero attached hydrogens (tertiary/aromatic N) is 2. The molecule has 0 aliphatic carbocycles. The quantitative estimate of drug-likeness (QED) is 0.254. The molecule has 6 rings (SSSR count). The smallest absolute Gasteiger partial charge is 0.123 e. The molecular formula is C28H32N6S2. The van der Waals surface area contributed by atoms with Gasteiger partial charge in [-0.25, -0.2) is 9.97 Å². The Kier molecular flexibility index (Phi) is 6.93. The molecule has 0 amide bonds. The van der Waals surface area contributed by atoms with E-state index in [1.165, 1.54) is 11.1 Å². The lowest BCUT2D eigenvalue weighted by Gasteiger charge is -2.07. The normalized spacial score (nSPS) is 23.9. The van der Waals surface area contributed by atoms with Crippen LogP contribution in [-0.2, 0) is 0 Å². The molecule has 4 N–H and O–H groups in total. The zero-order chi connectivity index (χ0) is 24.5. The Hall–Kier alpha value is -2.52. The molecule has 2 aromatic carbocycles. The molecule has 0 radical (unpaired) electrons. The van der Waals surface area contributed by atoms with Gasteiger partial charge >= 0.3 is 0 Å². The number of H-pyrrole nitrogens is 2. The zero-order valence-corrected chi connectivity index (χ0v) is 22.3. The fourth-order valence-electron chi connectivity index (χ4n) is 5.19. The van der Waals surface area contributed by atoms with Gasteiger partial charge in [0, 0.05) is 23.6 Å². The van der Waals surface area contributed by atoms with Crippen LogP contribution in [0.2, 0.25) is 0 Å². The first-order valence-electron chi connectivity index (χ1n) is 12.5. The van der Waals surface area contributed by atoms with Crippen LogP contribution in [0.1, 0.15) is 36.6 Å². The molecule has 4 atom stereocenters.